The van der Waals surface area contributed by atoms with Crippen LogP contribution in [0.4, 0.5) is 0 Å². The Kier molecular flexibility index (Phi) is 2.09. The summed E-state index contributed by atoms with van der Waals surface area (Å²) in [4.78, 5) is 2.38. The number of nitrogens with two attached hydrogens (primary N) is 1. The van der Waals surface area contributed by atoms with Crippen LogP contribution in [0.15, 0.2) is 0 Å². The number of likely N-dealkylation sites (tertiary alicyclic amines) is 1. The number of likely N-dealkylation sites (N-methyl/N-ethyl adjacent to an activating group) is 1. The Balaban J connectivity index is 2.41. The van der Waals surface area contributed by atoms with Gasteiger partial charge in [-0.15, -0.1) is 0 Å². The molecule has 0 amide bonds. The van der Waals surface area contributed by atoms with E-state index in [0.717, 1.165) is 12.6 Å². The molecule has 0 saturated carbocycles. The van der Waals surface area contributed by atoms with Crippen molar-refractivity contribution in [1.82, 2.24) is 4.90 Å². The summed E-state index contributed by atoms with van der Waals surface area (Å²) >= 11 is 0. The summed E-state index contributed by atoms with van der Waals surface area (Å²) < 4.78 is 0. The third kappa shape index (κ3) is 1.25. The second kappa shape index (κ2) is 2.67. The maximum Gasteiger partial charge on any atom is 0.0218 e. The van der Waals surface area contributed by atoms with Gasteiger partial charge in [-0.1, -0.05) is 0 Å². The lowest BCUT2D eigenvalue weighted by molar-refractivity contribution is 0.258. The van der Waals surface area contributed by atoms with Gasteiger partial charge in [-0.2, -0.15) is 0 Å². The minimum absolute atomic E-state index is 0.653. The summed E-state index contributed by atoms with van der Waals surface area (Å²) in [7, 11) is 2.16. The fourth-order valence-electron chi connectivity index (χ4n) is 1.48. The van der Waals surface area contributed by atoms with E-state index in [9.17, 15) is 0 Å². The zero-order chi connectivity index (χ0) is 6.85. The Labute approximate surface area is 57.0 Å². The van der Waals surface area contributed by atoms with Gasteiger partial charge in [0.2, 0.25) is 0 Å². The highest BCUT2D eigenvalue weighted by molar-refractivity contribution is 4.82. The second-order valence-electron chi connectivity index (χ2n) is 2.98. The van der Waals surface area contributed by atoms with Crippen LogP contribution in [0.2, 0.25) is 0 Å². The van der Waals surface area contributed by atoms with E-state index in [1.165, 1.54) is 12.8 Å². The fourth-order valence-corrected chi connectivity index (χ4v) is 1.48. The third-order valence-electron chi connectivity index (χ3n) is 2.46. The number of rotatable bonds is 1. The molecule has 0 bridgehead atoms. The molecule has 1 rings (SSSR count). The Hall–Kier alpha value is -0.0800. The van der Waals surface area contributed by atoms with Crippen molar-refractivity contribution in [3.05, 3.63) is 0 Å². The van der Waals surface area contributed by atoms with E-state index in [2.05, 4.69) is 18.9 Å². The quantitative estimate of drug-likeness (QED) is 0.555. The normalized spacial score (nSPS) is 37.7. The predicted octanol–water partition coefficient (Wildman–Crippen LogP) is 0.428. The topological polar surface area (TPSA) is 29.3 Å². The van der Waals surface area contributed by atoms with Crippen LogP contribution in [0.3, 0.4) is 0 Å². The van der Waals surface area contributed by atoms with Crippen molar-refractivity contribution in [3.8, 4) is 0 Å². The number of hydrogen-bond donors (Lipinski definition) is 1. The van der Waals surface area contributed by atoms with Crippen molar-refractivity contribution in [1.29, 1.82) is 0 Å². The zero-order valence-electron chi connectivity index (χ0n) is 6.30. The monoisotopic (exact) mass is 128 g/mol. The molecule has 2 heteroatoms. The van der Waals surface area contributed by atoms with Crippen LogP contribution < -0.4 is 5.73 Å². The van der Waals surface area contributed by atoms with Crippen LogP contribution in [0.5, 0.6) is 0 Å². The van der Waals surface area contributed by atoms with Gasteiger partial charge in [0, 0.05) is 18.6 Å². The van der Waals surface area contributed by atoms with Gasteiger partial charge in [0.25, 0.3) is 0 Å². The van der Waals surface area contributed by atoms with Crippen LogP contribution in [-0.4, -0.2) is 30.6 Å². The molecule has 1 aliphatic rings. The summed E-state index contributed by atoms with van der Waals surface area (Å²) in [5.41, 5.74) is 5.54. The lowest BCUT2D eigenvalue weighted by Gasteiger charge is -2.21. The maximum absolute atomic E-state index is 5.54. The van der Waals surface area contributed by atoms with Gasteiger partial charge < -0.3 is 5.73 Å². The van der Waals surface area contributed by atoms with E-state index in [4.69, 9.17) is 5.73 Å². The molecule has 0 aromatic carbocycles. The minimum atomic E-state index is 0.653. The van der Waals surface area contributed by atoms with Gasteiger partial charge in [0.1, 0.15) is 0 Å². The van der Waals surface area contributed by atoms with Crippen molar-refractivity contribution < 1.29 is 0 Å². The van der Waals surface area contributed by atoms with Crippen LogP contribution in [0.25, 0.3) is 0 Å². The third-order valence-corrected chi connectivity index (χ3v) is 2.46. The highest BCUT2D eigenvalue weighted by atomic mass is 15.2. The molecule has 1 aliphatic heterocycles. The highest BCUT2D eigenvalue weighted by Gasteiger charge is 2.25. The first kappa shape index (κ1) is 7.03. The fraction of sp³-hybridized carbons (Fsp3) is 1.00. The van der Waals surface area contributed by atoms with Gasteiger partial charge in [-0.05, 0) is 26.8 Å². The van der Waals surface area contributed by atoms with Crippen LogP contribution in [-0.2, 0) is 0 Å². The van der Waals surface area contributed by atoms with Crippen LogP contribution in [0, 0.1) is 0 Å². The molecule has 54 valence electrons. The van der Waals surface area contributed by atoms with Crippen LogP contribution >= 0.6 is 0 Å². The van der Waals surface area contributed by atoms with Crippen molar-refractivity contribution in [3.63, 3.8) is 0 Å². The summed E-state index contributed by atoms with van der Waals surface area (Å²) in [6.45, 7) is 3.08. The molecule has 2 atom stereocenters. The molecule has 0 aromatic heterocycles. The van der Waals surface area contributed by atoms with Crippen molar-refractivity contribution in [2.45, 2.75) is 31.8 Å². The Morgan fingerprint density at radius 1 is 1.56 bits per heavy atom. The van der Waals surface area contributed by atoms with Gasteiger partial charge in [0.15, 0.2) is 0 Å². The average molecular weight is 128 g/mol. The van der Waals surface area contributed by atoms with E-state index in [0.29, 0.717) is 6.04 Å². The molecule has 2 N–H and O–H groups in total. The SMILES string of the molecule is C[C@@H]1CC[C@H](CN)N1C. The zero-order valence-corrected chi connectivity index (χ0v) is 6.30. The first-order chi connectivity index (χ1) is 4.25. The Bertz CT molecular complexity index is 92.9. The molecule has 0 spiro atoms. The smallest absolute Gasteiger partial charge is 0.0218 e. The molecule has 2 nitrogen and oxygen atoms in total. The largest absolute Gasteiger partial charge is 0.329 e. The number of hydrogen-bond acceptors (Lipinski definition) is 2. The second-order valence-corrected chi connectivity index (χ2v) is 2.98. The minimum Gasteiger partial charge on any atom is -0.329 e. The molecule has 0 aliphatic carbocycles. The van der Waals surface area contributed by atoms with Crippen LogP contribution in [0.1, 0.15) is 19.8 Å². The summed E-state index contributed by atoms with van der Waals surface area (Å²) in [5, 5.41) is 0. The standard InChI is InChI=1S/C7H16N2/c1-6-3-4-7(5-8)9(6)2/h6-7H,3-5,8H2,1-2H3/t6-,7-/m1/s1. The van der Waals surface area contributed by atoms with Gasteiger partial charge in [-0.3, -0.25) is 4.90 Å². The van der Waals surface area contributed by atoms with Crippen molar-refractivity contribution >= 4 is 0 Å². The maximum atomic E-state index is 5.54. The lowest BCUT2D eigenvalue weighted by Crippen LogP contribution is -2.35. The number of nitrogens with zero attached hydrogens (tertiary/aromatic N) is 1. The van der Waals surface area contributed by atoms with E-state index in [1.54, 1.807) is 0 Å². The van der Waals surface area contributed by atoms with Crippen molar-refractivity contribution in [2.75, 3.05) is 13.6 Å². The predicted molar refractivity (Wildman–Crippen MR) is 39.3 cm³/mol. The van der Waals surface area contributed by atoms with Crippen molar-refractivity contribution in [2.24, 2.45) is 5.73 Å². The first-order valence-electron chi connectivity index (χ1n) is 3.67. The Morgan fingerprint density at radius 3 is 2.44 bits per heavy atom. The first-order valence-corrected chi connectivity index (χ1v) is 3.67. The molecular weight excluding hydrogens is 112 g/mol. The molecule has 0 unspecified atom stereocenters. The lowest BCUT2D eigenvalue weighted by atomic mass is 10.2. The molecule has 0 radical (unpaired) electrons. The van der Waals surface area contributed by atoms with E-state index >= 15 is 0 Å². The molecule has 1 fully saturated rings. The Morgan fingerprint density at radius 2 is 2.22 bits per heavy atom. The van der Waals surface area contributed by atoms with Gasteiger partial charge in [0.05, 0.1) is 0 Å². The summed E-state index contributed by atoms with van der Waals surface area (Å²) in [6, 6.07) is 1.40. The summed E-state index contributed by atoms with van der Waals surface area (Å²) in [6.07, 6.45) is 2.60. The molecule has 9 heavy (non-hydrogen) atoms. The molecule has 1 saturated heterocycles. The van der Waals surface area contributed by atoms with E-state index in [1.807, 2.05) is 0 Å². The van der Waals surface area contributed by atoms with E-state index in [-0.39, 0.29) is 0 Å². The highest BCUT2D eigenvalue weighted by Crippen LogP contribution is 2.20. The molecule has 0 aromatic rings. The average Bonchev–Trinajstić information content (AvgIpc) is 2.15. The molecular formula is C7H16N2. The van der Waals surface area contributed by atoms with Gasteiger partial charge >= 0.3 is 0 Å². The molecule has 1 heterocycles. The van der Waals surface area contributed by atoms with E-state index < -0.39 is 0 Å². The summed E-state index contributed by atoms with van der Waals surface area (Å²) in [5.74, 6) is 0. The van der Waals surface area contributed by atoms with Gasteiger partial charge in [-0.25, -0.2) is 0 Å².